The second-order valence-corrected chi connectivity index (χ2v) is 6.52. The van der Waals surface area contributed by atoms with Crippen LogP contribution in [0.1, 0.15) is 41.5 Å². The van der Waals surface area contributed by atoms with Crippen LogP contribution in [0.15, 0.2) is 36.4 Å². The van der Waals surface area contributed by atoms with Crippen molar-refractivity contribution in [1.29, 1.82) is 0 Å². The molecule has 0 aliphatic carbocycles. The van der Waals surface area contributed by atoms with Gasteiger partial charge in [-0.15, -0.1) is 0 Å². The van der Waals surface area contributed by atoms with Crippen molar-refractivity contribution in [3.8, 4) is 0 Å². The number of imide groups is 1. The molecular formula is C19H21NO6. The van der Waals surface area contributed by atoms with Gasteiger partial charge in [0.2, 0.25) is 0 Å². The van der Waals surface area contributed by atoms with Crippen LogP contribution in [0.25, 0.3) is 0 Å². The van der Waals surface area contributed by atoms with E-state index in [-0.39, 0.29) is 25.0 Å². The zero-order valence-corrected chi connectivity index (χ0v) is 14.9. The van der Waals surface area contributed by atoms with E-state index in [1.54, 1.807) is 45.0 Å². The lowest BCUT2D eigenvalue weighted by Crippen LogP contribution is -2.40. The fourth-order valence-corrected chi connectivity index (χ4v) is 3.12. The number of carbonyl (C=O) groups is 3. The van der Waals surface area contributed by atoms with E-state index in [2.05, 4.69) is 0 Å². The van der Waals surface area contributed by atoms with Crippen LogP contribution in [0.3, 0.4) is 0 Å². The molecule has 0 N–H and O–H groups in total. The zero-order chi connectivity index (χ0) is 18.9. The Morgan fingerprint density at radius 1 is 1.19 bits per heavy atom. The molecule has 2 atom stereocenters. The van der Waals surface area contributed by atoms with Crippen LogP contribution in [-0.2, 0) is 19.0 Å². The number of ether oxygens (including phenoxy) is 3. The van der Waals surface area contributed by atoms with E-state index in [1.807, 2.05) is 0 Å². The number of benzene rings is 1. The third-order valence-electron chi connectivity index (χ3n) is 4.17. The lowest BCUT2D eigenvalue weighted by molar-refractivity contribution is -0.144. The molecule has 7 heteroatoms. The minimum atomic E-state index is -0.896. The summed E-state index contributed by atoms with van der Waals surface area (Å²) in [7, 11) is 0. The molecule has 1 aromatic carbocycles. The number of nitrogens with zero attached hydrogens (tertiary/aromatic N) is 1. The summed E-state index contributed by atoms with van der Waals surface area (Å²) in [6.07, 6.45) is 1.64. The Bertz CT molecular complexity index is 734. The minimum absolute atomic E-state index is 0.0353. The summed E-state index contributed by atoms with van der Waals surface area (Å²) < 4.78 is 16.5. The van der Waals surface area contributed by atoms with E-state index in [9.17, 15) is 14.4 Å². The first-order valence-electron chi connectivity index (χ1n) is 8.48. The van der Waals surface area contributed by atoms with E-state index in [1.165, 1.54) is 12.2 Å². The summed E-state index contributed by atoms with van der Waals surface area (Å²) >= 11 is 0. The van der Waals surface area contributed by atoms with Gasteiger partial charge in [0, 0.05) is 6.08 Å². The van der Waals surface area contributed by atoms with E-state index in [4.69, 9.17) is 14.2 Å². The van der Waals surface area contributed by atoms with Crippen molar-refractivity contribution in [2.24, 2.45) is 0 Å². The molecule has 0 spiro atoms. The number of hydrogen-bond donors (Lipinski definition) is 0. The molecule has 2 aliphatic heterocycles. The van der Waals surface area contributed by atoms with Crippen molar-refractivity contribution in [3.05, 3.63) is 47.5 Å². The highest BCUT2D eigenvalue weighted by atomic mass is 16.8. The molecule has 1 aromatic rings. The topological polar surface area (TPSA) is 82.1 Å². The van der Waals surface area contributed by atoms with Crippen LogP contribution < -0.4 is 0 Å². The molecule has 138 valence electrons. The van der Waals surface area contributed by atoms with E-state index < -0.39 is 24.0 Å². The predicted molar refractivity (Wildman–Crippen MR) is 91.4 cm³/mol. The van der Waals surface area contributed by atoms with Gasteiger partial charge >= 0.3 is 5.97 Å². The smallest absolute Gasteiger partial charge is 0.330 e. The van der Waals surface area contributed by atoms with Crippen LogP contribution in [0, 0.1) is 0 Å². The second-order valence-electron chi connectivity index (χ2n) is 6.52. The maximum absolute atomic E-state index is 12.5. The molecular weight excluding hydrogens is 338 g/mol. The molecule has 2 heterocycles. The van der Waals surface area contributed by atoms with Crippen molar-refractivity contribution >= 4 is 17.8 Å². The van der Waals surface area contributed by atoms with E-state index >= 15 is 0 Å². The summed E-state index contributed by atoms with van der Waals surface area (Å²) in [5, 5.41) is 0. The highest BCUT2D eigenvalue weighted by molar-refractivity contribution is 6.21. The molecule has 1 fully saturated rings. The minimum Gasteiger partial charge on any atom is -0.463 e. The molecule has 0 saturated carbocycles. The Morgan fingerprint density at radius 3 is 2.38 bits per heavy atom. The molecule has 1 saturated heterocycles. The molecule has 26 heavy (non-hydrogen) atoms. The van der Waals surface area contributed by atoms with Gasteiger partial charge in [-0.25, -0.2) is 4.79 Å². The molecule has 0 aromatic heterocycles. The van der Waals surface area contributed by atoms with Gasteiger partial charge in [-0.05, 0) is 39.0 Å². The van der Waals surface area contributed by atoms with Gasteiger partial charge in [0.05, 0.1) is 24.3 Å². The normalized spacial score (nSPS) is 24.3. The Kier molecular flexibility index (Phi) is 4.93. The maximum atomic E-state index is 12.5. The summed E-state index contributed by atoms with van der Waals surface area (Å²) in [5.41, 5.74) is 0.767. The highest BCUT2D eigenvalue weighted by Crippen LogP contribution is 2.31. The predicted octanol–water partition coefficient (Wildman–Crippen LogP) is 1.92. The van der Waals surface area contributed by atoms with Crippen molar-refractivity contribution in [3.63, 3.8) is 0 Å². The molecule has 3 rings (SSSR count). The monoisotopic (exact) mass is 359 g/mol. The fourth-order valence-electron chi connectivity index (χ4n) is 3.12. The number of carbonyl (C=O) groups excluding carboxylic acids is 3. The Hall–Kier alpha value is -2.51. The van der Waals surface area contributed by atoms with Crippen molar-refractivity contribution in [1.82, 2.24) is 4.90 Å². The summed E-state index contributed by atoms with van der Waals surface area (Å²) in [4.78, 5) is 37.8. The van der Waals surface area contributed by atoms with Gasteiger partial charge in [-0.1, -0.05) is 12.1 Å². The lowest BCUT2D eigenvalue weighted by Gasteiger charge is -2.21. The molecule has 7 nitrogen and oxygen atoms in total. The van der Waals surface area contributed by atoms with Gasteiger partial charge in [0.15, 0.2) is 5.79 Å². The van der Waals surface area contributed by atoms with Crippen LogP contribution in [0.4, 0.5) is 0 Å². The first-order chi connectivity index (χ1) is 12.3. The molecule has 2 amide bonds. The van der Waals surface area contributed by atoms with Crippen LogP contribution >= 0.6 is 0 Å². The summed E-state index contributed by atoms with van der Waals surface area (Å²) in [5.74, 6) is -2.09. The third-order valence-corrected chi connectivity index (χ3v) is 4.17. The summed E-state index contributed by atoms with van der Waals surface area (Å²) in [6.45, 7) is 5.50. The number of amides is 2. The highest BCUT2D eigenvalue weighted by Gasteiger charge is 2.44. The average Bonchev–Trinajstić information content (AvgIpc) is 3.02. The Morgan fingerprint density at radius 2 is 1.81 bits per heavy atom. The Labute approximate surface area is 151 Å². The first kappa shape index (κ1) is 18.3. The van der Waals surface area contributed by atoms with Gasteiger partial charge < -0.3 is 14.2 Å². The van der Waals surface area contributed by atoms with Crippen molar-refractivity contribution in [2.45, 2.75) is 38.8 Å². The number of fused-ring (bicyclic) bond motifs is 1. The van der Waals surface area contributed by atoms with Gasteiger partial charge in [-0.2, -0.15) is 0 Å². The van der Waals surface area contributed by atoms with Crippen molar-refractivity contribution in [2.75, 3.05) is 13.2 Å². The second kappa shape index (κ2) is 7.01. The fraction of sp³-hybridized carbons (Fsp3) is 0.421. The number of esters is 1. The lowest BCUT2D eigenvalue weighted by atomic mass is 10.1. The van der Waals surface area contributed by atoms with Gasteiger partial charge in [0.1, 0.15) is 12.2 Å². The standard InChI is InChI=1S/C19H21NO6/c1-4-24-16(21)10-9-14-15(26-19(2,3)25-14)11-20-17(22)12-7-5-6-8-13(12)18(20)23/h5-10,14-15H,4,11H2,1-3H3/b10-9-/t14-,15+/m1/s1. The maximum Gasteiger partial charge on any atom is 0.330 e. The first-order valence-corrected chi connectivity index (χ1v) is 8.48. The average molecular weight is 359 g/mol. The van der Waals surface area contributed by atoms with Crippen molar-refractivity contribution < 1.29 is 28.6 Å². The van der Waals surface area contributed by atoms with Gasteiger partial charge in [-0.3, -0.25) is 14.5 Å². The number of rotatable bonds is 5. The van der Waals surface area contributed by atoms with E-state index in [0.29, 0.717) is 11.1 Å². The zero-order valence-electron chi connectivity index (χ0n) is 14.9. The van der Waals surface area contributed by atoms with Crippen LogP contribution in [0.2, 0.25) is 0 Å². The molecule has 2 aliphatic rings. The van der Waals surface area contributed by atoms with E-state index in [0.717, 1.165) is 4.90 Å². The van der Waals surface area contributed by atoms with Gasteiger partial charge in [0.25, 0.3) is 11.8 Å². The summed E-state index contributed by atoms with van der Waals surface area (Å²) in [6, 6.07) is 6.70. The third kappa shape index (κ3) is 3.54. The van der Waals surface area contributed by atoms with Crippen LogP contribution in [-0.4, -0.2) is 53.8 Å². The molecule has 0 unspecified atom stereocenters. The molecule has 0 bridgehead atoms. The largest absolute Gasteiger partial charge is 0.463 e. The number of hydrogen-bond acceptors (Lipinski definition) is 6. The molecule has 0 radical (unpaired) electrons. The Balaban J connectivity index is 1.76. The SMILES string of the molecule is CCOC(=O)/C=C\[C@H]1OC(C)(C)O[C@H]1CN1C(=O)c2ccccc2C1=O. The van der Waals surface area contributed by atoms with Crippen LogP contribution in [0.5, 0.6) is 0 Å². The quantitative estimate of drug-likeness (QED) is 0.454.